The van der Waals surface area contributed by atoms with E-state index in [0.29, 0.717) is 5.13 Å². The van der Waals surface area contributed by atoms with Gasteiger partial charge in [-0.3, -0.25) is 35.9 Å². The van der Waals surface area contributed by atoms with Crippen molar-refractivity contribution in [2.24, 2.45) is 0 Å². The SMILES string of the molecule is O=C(NNc1ncnc(Nc2nc3ccccc3s2)c1[N+](=O)[O-])c1ccc([N+](=O)[O-])cc1. The summed E-state index contributed by atoms with van der Waals surface area (Å²) in [6.45, 7) is 0. The van der Waals surface area contributed by atoms with E-state index in [-0.39, 0.29) is 22.9 Å². The van der Waals surface area contributed by atoms with Crippen LogP contribution < -0.4 is 16.2 Å². The summed E-state index contributed by atoms with van der Waals surface area (Å²) in [5, 5.41) is 25.6. The zero-order valence-electron chi connectivity index (χ0n) is 15.9. The first-order chi connectivity index (χ1) is 15.4. The molecule has 3 N–H and O–H groups in total. The molecule has 1 amide bonds. The van der Waals surface area contributed by atoms with Crippen LogP contribution in [0.15, 0.2) is 54.9 Å². The molecule has 13 nitrogen and oxygen atoms in total. The summed E-state index contributed by atoms with van der Waals surface area (Å²) in [5.74, 6) is -1.05. The molecule has 2 aromatic heterocycles. The van der Waals surface area contributed by atoms with Crippen molar-refractivity contribution >= 4 is 55.6 Å². The molecule has 0 saturated carbocycles. The number of fused-ring (bicyclic) bond motifs is 1. The van der Waals surface area contributed by atoms with Crippen molar-refractivity contribution in [3.63, 3.8) is 0 Å². The topological polar surface area (TPSA) is 178 Å². The highest BCUT2D eigenvalue weighted by molar-refractivity contribution is 7.22. The standard InChI is InChI=1S/C18H12N8O5S/c27-17(10-5-7-11(8-6-10)25(28)29)24-23-16-14(26(30)31)15(19-9-20-16)22-18-21-12-3-1-2-4-13(12)32-18/h1-9H,(H,24,27)(H2,19,20,21,22,23). The van der Waals surface area contributed by atoms with Gasteiger partial charge in [-0.1, -0.05) is 23.5 Å². The smallest absolute Gasteiger partial charge is 0.310 e. The Labute approximate surface area is 182 Å². The maximum absolute atomic E-state index is 12.3. The fourth-order valence-electron chi connectivity index (χ4n) is 2.68. The van der Waals surface area contributed by atoms with E-state index in [4.69, 9.17) is 0 Å². The first kappa shape index (κ1) is 20.5. The summed E-state index contributed by atoms with van der Waals surface area (Å²) in [6.07, 6.45) is 1.09. The number of nitrogens with zero attached hydrogens (tertiary/aromatic N) is 5. The molecule has 0 fully saturated rings. The molecule has 4 aromatic rings. The van der Waals surface area contributed by atoms with Crippen molar-refractivity contribution in [3.8, 4) is 0 Å². The van der Waals surface area contributed by atoms with Crippen LogP contribution in [-0.4, -0.2) is 30.7 Å². The molecule has 0 aliphatic rings. The quantitative estimate of drug-likeness (QED) is 0.278. The Morgan fingerprint density at radius 1 is 0.938 bits per heavy atom. The average molecular weight is 452 g/mol. The van der Waals surface area contributed by atoms with Gasteiger partial charge in [0.15, 0.2) is 5.13 Å². The van der Waals surface area contributed by atoms with E-state index in [1.807, 2.05) is 24.3 Å². The Kier molecular flexibility index (Phi) is 5.50. The number of non-ortho nitro benzene ring substituents is 1. The number of anilines is 3. The molecule has 2 heterocycles. The Bertz CT molecular complexity index is 1310. The lowest BCUT2D eigenvalue weighted by atomic mass is 10.2. The molecule has 0 spiro atoms. The summed E-state index contributed by atoms with van der Waals surface area (Å²) in [5.41, 5.74) is 4.83. The van der Waals surface area contributed by atoms with Crippen LogP contribution in [0, 0.1) is 20.2 Å². The number of hydrazine groups is 1. The second-order valence-electron chi connectivity index (χ2n) is 6.17. The van der Waals surface area contributed by atoms with Crippen molar-refractivity contribution in [1.29, 1.82) is 0 Å². The predicted molar refractivity (Wildman–Crippen MR) is 116 cm³/mol. The molecule has 0 unspecified atom stereocenters. The van der Waals surface area contributed by atoms with Gasteiger partial charge in [0.1, 0.15) is 6.33 Å². The minimum atomic E-state index is -0.698. The number of carbonyl (C=O) groups is 1. The number of thiazole rings is 1. The monoisotopic (exact) mass is 452 g/mol. The summed E-state index contributed by atoms with van der Waals surface area (Å²) in [7, 11) is 0. The van der Waals surface area contributed by atoms with Gasteiger partial charge in [0.05, 0.1) is 20.1 Å². The van der Waals surface area contributed by atoms with E-state index < -0.39 is 21.4 Å². The van der Waals surface area contributed by atoms with Gasteiger partial charge in [0, 0.05) is 17.7 Å². The predicted octanol–water partition coefficient (Wildman–Crippen LogP) is 3.40. The summed E-state index contributed by atoms with van der Waals surface area (Å²) < 4.78 is 0.889. The Morgan fingerprint density at radius 2 is 1.66 bits per heavy atom. The normalized spacial score (nSPS) is 10.5. The largest absolute Gasteiger partial charge is 0.355 e. The molecule has 2 aromatic carbocycles. The molecule has 0 radical (unpaired) electrons. The molecule has 0 aliphatic heterocycles. The lowest BCUT2D eigenvalue weighted by Gasteiger charge is -2.10. The minimum absolute atomic E-state index is 0.104. The summed E-state index contributed by atoms with van der Waals surface area (Å²) in [6, 6.07) is 12.2. The van der Waals surface area contributed by atoms with Crippen LogP contribution in [0.2, 0.25) is 0 Å². The van der Waals surface area contributed by atoms with E-state index in [1.54, 1.807) is 0 Å². The molecule has 160 valence electrons. The van der Waals surface area contributed by atoms with Crippen LogP contribution in [0.1, 0.15) is 10.4 Å². The Morgan fingerprint density at radius 3 is 2.34 bits per heavy atom. The van der Waals surface area contributed by atoms with Gasteiger partial charge in [0.25, 0.3) is 11.6 Å². The molecule has 0 atom stereocenters. The molecular weight excluding hydrogens is 440 g/mol. The van der Waals surface area contributed by atoms with Gasteiger partial charge in [-0.15, -0.1) is 0 Å². The Hall–Kier alpha value is -4.72. The van der Waals surface area contributed by atoms with Crippen LogP contribution in [0.5, 0.6) is 0 Å². The lowest BCUT2D eigenvalue weighted by molar-refractivity contribution is -0.384. The van der Waals surface area contributed by atoms with Gasteiger partial charge >= 0.3 is 5.69 Å². The van der Waals surface area contributed by atoms with Gasteiger partial charge in [0.2, 0.25) is 11.6 Å². The van der Waals surface area contributed by atoms with Gasteiger partial charge < -0.3 is 5.32 Å². The van der Waals surface area contributed by atoms with E-state index >= 15 is 0 Å². The number of para-hydroxylation sites is 1. The number of hydrogen-bond donors (Lipinski definition) is 3. The van der Waals surface area contributed by atoms with Crippen LogP contribution in [0.4, 0.5) is 28.1 Å². The second kappa shape index (κ2) is 8.57. The van der Waals surface area contributed by atoms with Gasteiger partial charge in [-0.05, 0) is 24.3 Å². The molecule has 0 bridgehead atoms. The maximum Gasteiger partial charge on any atom is 0.355 e. The van der Waals surface area contributed by atoms with E-state index in [0.717, 1.165) is 16.5 Å². The zero-order valence-corrected chi connectivity index (χ0v) is 16.7. The maximum atomic E-state index is 12.3. The van der Waals surface area contributed by atoms with Crippen molar-refractivity contribution < 1.29 is 14.6 Å². The molecule has 14 heteroatoms. The number of rotatable bonds is 7. The van der Waals surface area contributed by atoms with Crippen LogP contribution in [0.3, 0.4) is 0 Å². The fourth-order valence-corrected chi connectivity index (χ4v) is 3.55. The summed E-state index contributed by atoms with van der Waals surface area (Å²) in [4.78, 5) is 45.5. The van der Waals surface area contributed by atoms with Crippen molar-refractivity contribution in [3.05, 3.63) is 80.7 Å². The van der Waals surface area contributed by atoms with E-state index in [2.05, 4.69) is 31.1 Å². The number of nitro benzene ring substituents is 1. The molecular formula is C18H12N8O5S. The van der Waals surface area contributed by atoms with Gasteiger partial charge in [-0.25, -0.2) is 15.0 Å². The van der Waals surface area contributed by atoms with E-state index in [1.165, 1.54) is 35.6 Å². The van der Waals surface area contributed by atoms with E-state index in [9.17, 15) is 25.0 Å². The number of nitro groups is 2. The lowest BCUT2D eigenvalue weighted by Crippen LogP contribution is -2.30. The number of hydrogen-bond acceptors (Lipinski definition) is 11. The second-order valence-corrected chi connectivity index (χ2v) is 7.20. The molecule has 4 rings (SSSR count). The number of amides is 1. The number of carbonyl (C=O) groups excluding carboxylic acids is 1. The van der Waals surface area contributed by atoms with Crippen LogP contribution in [0.25, 0.3) is 10.2 Å². The molecule has 0 aliphatic carbocycles. The van der Waals surface area contributed by atoms with Crippen LogP contribution >= 0.6 is 11.3 Å². The van der Waals surface area contributed by atoms with Crippen molar-refractivity contribution in [2.45, 2.75) is 0 Å². The number of aromatic nitrogens is 3. The number of nitrogens with one attached hydrogen (secondary N) is 3. The van der Waals surface area contributed by atoms with Crippen molar-refractivity contribution in [2.75, 3.05) is 10.7 Å². The highest BCUT2D eigenvalue weighted by Gasteiger charge is 2.24. The highest BCUT2D eigenvalue weighted by atomic mass is 32.1. The third-order valence-electron chi connectivity index (χ3n) is 4.16. The zero-order chi connectivity index (χ0) is 22.7. The Balaban J connectivity index is 1.54. The molecule has 0 saturated heterocycles. The van der Waals surface area contributed by atoms with Crippen molar-refractivity contribution in [1.82, 2.24) is 20.4 Å². The third kappa shape index (κ3) is 4.24. The third-order valence-corrected chi connectivity index (χ3v) is 5.11. The fraction of sp³-hybridized carbons (Fsp3) is 0. The number of benzene rings is 2. The first-order valence-corrected chi connectivity index (χ1v) is 9.67. The molecule has 32 heavy (non-hydrogen) atoms. The highest BCUT2D eigenvalue weighted by Crippen LogP contribution is 2.33. The van der Waals surface area contributed by atoms with Crippen LogP contribution in [-0.2, 0) is 0 Å². The minimum Gasteiger partial charge on any atom is -0.310 e. The first-order valence-electron chi connectivity index (χ1n) is 8.85. The summed E-state index contributed by atoms with van der Waals surface area (Å²) >= 11 is 1.29. The average Bonchev–Trinajstić information content (AvgIpc) is 3.19. The van der Waals surface area contributed by atoms with Gasteiger partial charge in [-0.2, -0.15) is 0 Å².